The molecule has 3 aliphatic rings. The van der Waals surface area contributed by atoms with E-state index >= 15 is 0 Å². The van der Waals surface area contributed by atoms with Crippen LogP contribution in [0.15, 0.2) is 0 Å². The first-order valence-electron chi connectivity index (χ1n) is 10.3. The second kappa shape index (κ2) is 7.37. The Labute approximate surface area is 163 Å². The normalized spacial score (nSPS) is 33.3. The average Bonchev–Trinajstić information content (AvgIpc) is 3.21. The number of carbonyl (C=O) groups excluding carboxylic acids is 2. The molecule has 0 aromatic heterocycles. The fraction of sp³-hybridized carbons (Fsp3) is 0.900. The minimum Gasteiger partial charge on any atom is -0.356 e. The lowest BCUT2D eigenvalue weighted by atomic mass is 9.70. The molecular formula is C20H34N2O4S. The SMILES string of the molecule is CC(C)CC(=O)NC1CCS(=O)(=O)C2(CC(CNC(=O)CC3(C)CC3)C2)C1. The predicted octanol–water partition coefficient (Wildman–Crippen LogP) is 2.18. The topological polar surface area (TPSA) is 92.3 Å². The van der Waals surface area contributed by atoms with Gasteiger partial charge < -0.3 is 10.6 Å². The number of rotatable bonds is 7. The molecule has 154 valence electrons. The Kier molecular flexibility index (Phi) is 5.63. The predicted molar refractivity (Wildman–Crippen MR) is 105 cm³/mol. The van der Waals surface area contributed by atoms with Gasteiger partial charge in [0.1, 0.15) is 0 Å². The highest BCUT2D eigenvalue weighted by Crippen LogP contribution is 2.50. The lowest BCUT2D eigenvalue weighted by Gasteiger charge is -2.51. The molecule has 3 fully saturated rings. The molecule has 1 atom stereocenters. The molecule has 2 amide bonds. The number of hydrogen-bond acceptors (Lipinski definition) is 4. The first-order valence-corrected chi connectivity index (χ1v) is 12.0. The van der Waals surface area contributed by atoms with Crippen molar-refractivity contribution >= 4 is 21.7 Å². The molecule has 1 saturated heterocycles. The van der Waals surface area contributed by atoms with E-state index in [9.17, 15) is 18.0 Å². The summed E-state index contributed by atoms with van der Waals surface area (Å²) in [6.07, 6.45) is 5.52. The summed E-state index contributed by atoms with van der Waals surface area (Å²) in [7, 11) is -3.13. The monoisotopic (exact) mass is 398 g/mol. The lowest BCUT2D eigenvalue weighted by Crippen LogP contribution is -2.60. The Morgan fingerprint density at radius 3 is 2.37 bits per heavy atom. The summed E-state index contributed by atoms with van der Waals surface area (Å²) in [6.45, 7) is 6.70. The number of amides is 2. The van der Waals surface area contributed by atoms with E-state index in [-0.39, 0.29) is 34.9 Å². The van der Waals surface area contributed by atoms with Crippen molar-refractivity contribution in [2.45, 2.75) is 82.9 Å². The van der Waals surface area contributed by atoms with Gasteiger partial charge in [0.15, 0.2) is 9.84 Å². The molecule has 1 unspecified atom stereocenters. The summed E-state index contributed by atoms with van der Waals surface area (Å²) < 4.78 is 24.7. The molecule has 2 saturated carbocycles. The number of hydrogen-bond donors (Lipinski definition) is 2. The Hall–Kier alpha value is -1.11. The summed E-state index contributed by atoms with van der Waals surface area (Å²) in [5.74, 6) is 0.765. The van der Waals surface area contributed by atoms with Gasteiger partial charge in [-0.2, -0.15) is 0 Å². The Balaban J connectivity index is 1.48. The molecule has 1 aliphatic heterocycles. The summed E-state index contributed by atoms with van der Waals surface area (Å²) >= 11 is 0. The fourth-order valence-corrected chi connectivity index (χ4v) is 7.09. The Morgan fingerprint density at radius 2 is 1.78 bits per heavy atom. The van der Waals surface area contributed by atoms with Crippen molar-refractivity contribution in [3.8, 4) is 0 Å². The smallest absolute Gasteiger partial charge is 0.220 e. The van der Waals surface area contributed by atoms with Crippen molar-refractivity contribution < 1.29 is 18.0 Å². The van der Waals surface area contributed by atoms with E-state index in [0.29, 0.717) is 51.0 Å². The van der Waals surface area contributed by atoms with Gasteiger partial charge in [0.2, 0.25) is 11.8 Å². The molecule has 0 aromatic carbocycles. The zero-order chi connectivity index (χ0) is 19.9. The average molecular weight is 399 g/mol. The summed E-state index contributed by atoms with van der Waals surface area (Å²) in [4.78, 5) is 24.1. The number of carbonyl (C=O) groups is 2. The molecule has 2 N–H and O–H groups in total. The van der Waals surface area contributed by atoms with Crippen LogP contribution in [0.5, 0.6) is 0 Å². The highest BCUT2D eigenvalue weighted by molar-refractivity contribution is 7.92. The largest absolute Gasteiger partial charge is 0.356 e. The van der Waals surface area contributed by atoms with E-state index in [4.69, 9.17) is 0 Å². The molecule has 6 nitrogen and oxygen atoms in total. The maximum Gasteiger partial charge on any atom is 0.220 e. The minimum atomic E-state index is -3.13. The lowest BCUT2D eigenvalue weighted by molar-refractivity contribution is -0.123. The Bertz CT molecular complexity index is 691. The van der Waals surface area contributed by atoms with Crippen molar-refractivity contribution in [2.75, 3.05) is 12.3 Å². The van der Waals surface area contributed by atoms with E-state index in [0.717, 1.165) is 12.8 Å². The van der Waals surface area contributed by atoms with Crippen LogP contribution in [-0.2, 0) is 19.4 Å². The van der Waals surface area contributed by atoms with Crippen LogP contribution < -0.4 is 10.6 Å². The Morgan fingerprint density at radius 1 is 1.11 bits per heavy atom. The molecule has 0 aromatic rings. The molecule has 27 heavy (non-hydrogen) atoms. The van der Waals surface area contributed by atoms with E-state index in [1.54, 1.807) is 0 Å². The van der Waals surface area contributed by atoms with Gasteiger partial charge in [-0.3, -0.25) is 9.59 Å². The van der Waals surface area contributed by atoms with Crippen LogP contribution in [0.25, 0.3) is 0 Å². The van der Waals surface area contributed by atoms with Crippen LogP contribution in [0.1, 0.15) is 72.1 Å². The molecular weight excluding hydrogens is 364 g/mol. The fourth-order valence-electron chi connectivity index (χ4n) is 4.63. The highest BCUT2D eigenvalue weighted by Gasteiger charge is 2.56. The molecule has 3 rings (SSSR count). The summed E-state index contributed by atoms with van der Waals surface area (Å²) in [6, 6.07) is -0.0508. The molecule has 2 aliphatic carbocycles. The standard InChI is InChI=1S/C20H34N2O4S/c1-14(2)8-17(23)22-16-4-7-27(25,26)20(11-16)9-15(10-20)13-21-18(24)12-19(3)5-6-19/h14-16H,4-13H2,1-3H3,(H,21,24)(H,22,23). The van der Waals surface area contributed by atoms with E-state index in [1.165, 1.54) is 0 Å². The van der Waals surface area contributed by atoms with Gasteiger partial charge in [-0.1, -0.05) is 20.8 Å². The minimum absolute atomic E-state index is 0.0150. The summed E-state index contributed by atoms with van der Waals surface area (Å²) in [5.41, 5.74) is 0.193. The van der Waals surface area contributed by atoms with Gasteiger partial charge in [-0.25, -0.2) is 8.42 Å². The second-order valence-corrected chi connectivity index (χ2v) is 12.4. The van der Waals surface area contributed by atoms with Crippen LogP contribution in [-0.4, -0.2) is 43.3 Å². The van der Waals surface area contributed by atoms with Crippen LogP contribution in [0, 0.1) is 17.3 Å². The van der Waals surface area contributed by atoms with Crippen LogP contribution in [0.2, 0.25) is 0 Å². The van der Waals surface area contributed by atoms with Crippen LogP contribution in [0.4, 0.5) is 0 Å². The van der Waals surface area contributed by atoms with Crippen molar-refractivity contribution in [1.29, 1.82) is 0 Å². The quantitative estimate of drug-likeness (QED) is 0.687. The van der Waals surface area contributed by atoms with E-state index in [1.807, 2.05) is 13.8 Å². The third-order valence-electron chi connectivity index (χ3n) is 6.57. The van der Waals surface area contributed by atoms with Gasteiger partial charge in [-0.05, 0) is 55.8 Å². The van der Waals surface area contributed by atoms with Crippen LogP contribution in [0.3, 0.4) is 0 Å². The van der Waals surface area contributed by atoms with E-state index in [2.05, 4.69) is 17.6 Å². The van der Waals surface area contributed by atoms with Gasteiger partial charge in [-0.15, -0.1) is 0 Å². The van der Waals surface area contributed by atoms with Gasteiger partial charge in [0.05, 0.1) is 10.5 Å². The van der Waals surface area contributed by atoms with E-state index < -0.39 is 14.6 Å². The zero-order valence-electron chi connectivity index (χ0n) is 16.8. The maximum absolute atomic E-state index is 12.7. The van der Waals surface area contributed by atoms with Gasteiger partial charge in [0, 0.05) is 25.4 Å². The molecule has 7 heteroatoms. The third-order valence-corrected chi connectivity index (χ3v) is 9.16. The van der Waals surface area contributed by atoms with Gasteiger partial charge in [0.25, 0.3) is 0 Å². The van der Waals surface area contributed by atoms with Crippen molar-refractivity contribution in [3.05, 3.63) is 0 Å². The van der Waals surface area contributed by atoms with Crippen LogP contribution >= 0.6 is 0 Å². The number of sulfone groups is 1. The molecule has 1 spiro atoms. The maximum atomic E-state index is 12.7. The van der Waals surface area contributed by atoms with Crippen molar-refractivity contribution in [3.63, 3.8) is 0 Å². The molecule has 1 heterocycles. The molecule has 0 bridgehead atoms. The first-order chi connectivity index (χ1) is 12.5. The summed E-state index contributed by atoms with van der Waals surface area (Å²) in [5, 5.41) is 6.03. The van der Waals surface area contributed by atoms with Gasteiger partial charge >= 0.3 is 0 Å². The van der Waals surface area contributed by atoms with Crippen molar-refractivity contribution in [1.82, 2.24) is 10.6 Å². The highest BCUT2D eigenvalue weighted by atomic mass is 32.2. The second-order valence-electron chi connectivity index (χ2n) is 9.92. The third kappa shape index (κ3) is 4.84. The number of nitrogens with one attached hydrogen (secondary N) is 2. The molecule has 0 radical (unpaired) electrons. The zero-order valence-corrected chi connectivity index (χ0v) is 17.7. The first kappa shape index (κ1) is 20.6. The van der Waals surface area contributed by atoms with Crippen molar-refractivity contribution in [2.24, 2.45) is 17.3 Å².